The fourth-order valence-corrected chi connectivity index (χ4v) is 11.3. The Labute approximate surface area is 371 Å². The lowest BCUT2D eigenvalue weighted by Crippen LogP contribution is -2.71. The molecule has 4 aromatic heterocycles. The minimum absolute atomic E-state index is 0.00546. The maximum atomic E-state index is 15.6. The van der Waals surface area contributed by atoms with E-state index in [9.17, 15) is 14.0 Å². The second kappa shape index (κ2) is 14.8. The van der Waals surface area contributed by atoms with Gasteiger partial charge >= 0.3 is 0 Å². The van der Waals surface area contributed by atoms with Crippen LogP contribution in [0.15, 0.2) is 54.7 Å². The highest BCUT2D eigenvalue weighted by Gasteiger charge is 2.55. The van der Waals surface area contributed by atoms with E-state index in [4.69, 9.17) is 29.4 Å². The van der Waals surface area contributed by atoms with Gasteiger partial charge in [-0.1, -0.05) is 6.07 Å². The first kappa shape index (κ1) is 40.2. The Hall–Kier alpha value is -6.34. The topological polar surface area (TPSA) is 152 Å². The standard InChI is InChI=1S/C46H47F3N12O4/c1-24-51-36-11-27(48)9-32-35-5-4-6-39(53-35)52-28-12-38(44(63)56(2)20-31(64-3)21-58(24)40(32)36)59(17-28)41-33-16-50-61(37-8-7-26(47)10-34(37)49)42(33)55-45(54-41)60-29-13-30(60)19-57(18-29)43(62)25-14-46(15-25)22-65-23-46/h4-11,16,25,28-31,38H,12-15,17-23H2,1-3H3,(H,52,53). The molecule has 6 aliphatic heterocycles. The van der Waals surface area contributed by atoms with Crippen LogP contribution in [0.4, 0.5) is 30.8 Å². The normalized spacial score (nSPS) is 25.0. The van der Waals surface area contributed by atoms with Gasteiger partial charge in [0.2, 0.25) is 17.8 Å². The first-order chi connectivity index (χ1) is 31.4. The molecule has 7 aliphatic rings. The lowest BCUT2D eigenvalue weighted by molar-refractivity contribution is -0.189. The van der Waals surface area contributed by atoms with E-state index in [2.05, 4.69) is 15.3 Å². The number of carbonyl (C=O) groups is 2. The number of aromatic nitrogens is 7. The van der Waals surface area contributed by atoms with Gasteiger partial charge in [0.25, 0.3) is 0 Å². The average molecular weight is 889 g/mol. The van der Waals surface area contributed by atoms with Crippen molar-refractivity contribution in [2.45, 2.75) is 69.4 Å². The first-order valence-corrected chi connectivity index (χ1v) is 22.2. The number of carbonyl (C=O) groups excluding carboxylic acids is 2. The molecule has 0 radical (unpaired) electrons. The van der Waals surface area contributed by atoms with E-state index >= 15 is 8.78 Å². The minimum atomic E-state index is -0.814. The Morgan fingerprint density at radius 1 is 0.923 bits per heavy atom. The number of nitrogens with zero attached hydrogens (tertiary/aromatic N) is 11. The Bertz CT molecular complexity index is 2920. The Morgan fingerprint density at radius 2 is 1.74 bits per heavy atom. The molecule has 5 saturated heterocycles. The number of hydrogen-bond donors (Lipinski definition) is 1. The number of aryl methyl sites for hydroxylation is 1. The molecule has 10 heterocycles. The lowest BCUT2D eigenvalue weighted by Gasteiger charge is -2.58. The van der Waals surface area contributed by atoms with Crippen molar-refractivity contribution in [1.82, 2.24) is 44.1 Å². The number of halogens is 3. The zero-order valence-electron chi connectivity index (χ0n) is 36.1. The molecule has 6 bridgehead atoms. The molecular formula is C46H47F3N12O4. The largest absolute Gasteiger partial charge is 0.380 e. The molecule has 6 fully saturated rings. The monoisotopic (exact) mass is 888 g/mol. The van der Waals surface area contributed by atoms with Crippen LogP contribution in [0.5, 0.6) is 0 Å². The van der Waals surface area contributed by atoms with Gasteiger partial charge in [-0.2, -0.15) is 15.1 Å². The maximum absolute atomic E-state index is 15.6. The summed E-state index contributed by atoms with van der Waals surface area (Å²) < 4.78 is 59.8. The summed E-state index contributed by atoms with van der Waals surface area (Å²) in [6, 6.07) is 10.6. The summed E-state index contributed by atoms with van der Waals surface area (Å²) in [7, 11) is 3.36. The van der Waals surface area contributed by atoms with Crippen molar-refractivity contribution in [3.05, 3.63) is 78.0 Å². The summed E-state index contributed by atoms with van der Waals surface area (Å²) in [5, 5.41) is 8.64. The molecule has 1 N–H and O–H groups in total. The molecule has 5 atom stereocenters. The van der Waals surface area contributed by atoms with E-state index in [1.165, 1.54) is 28.9 Å². The zero-order chi connectivity index (χ0) is 44.5. The van der Waals surface area contributed by atoms with Crippen molar-refractivity contribution in [2.75, 3.05) is 68.7 Å². The number of pyridine rings is 1. The molecule has 1 aliphatic carbocycles. The third kappa shape index (κ3) is 6.51. The van der Waals surface area contributed by atoms with E-state index in [0.29, 0.717) is 78.2 Å². The van der Waals surface area contributed by atoms with Gasteiger partial charge in [0.15, 0.2) is 11.5 Å². The number of hydrogen-bond acceptors (Lipinski definition) is 12. The second-order valence-corrected chi connectivity index (χ2v) is 18.8. The lowest BCUT2D eigenvalue weighted by atomic mass is 9.60. The molecule has 19 heteroatoms. The summed E-state index contributed by atoms with van der Waals surface area (Å²) in [6.07, 6.45) is 4.03. The fourth-order valence-electron chi connectivity index (χ4n) is 11.3. The van der Waals surface area contributed by atoms with E-state index in [0.717, 1.165) is 44.1 Å². The van der Waals surface area contributed by atoms with E-state index in [1.807, 2.05) is 39.5 Å². The number of ether oxygens (including phenoxy) is 2. The quantitative estimate of drug-likeness (QED) is 0.255. The van der Waals surface area contributed by atoms with Crippen molar-refractivity contribution >= 4 is 51.5 Å². The molecule has 1 saturated carbocycles. The van der Waals surface area contributed by atoms with Gasteiger partial charge in [-0.05, 0) is 62.9 Å². The third-order valence-electron chi connectivity index (χ3n) is 14.6. The number of benzene rings is 2. The molecule has 2 amide bonds. The highest BCUT2D eigenvalue weighted by Crippen LogP contribution is 2.52. The number of methoxy groups -OCH3 is 1. The van der Waals surface area contributed by atoms with Crippen molar-refractivity contribution < 1.29 is 32.2 Å². The van der Waals surface area contributed by atoms with E-state index < -0.39 is 29.6 Å². The fraction of sp³-hybridized carbons (Fsp3) is 0.457. The molecular weight excluding hydrogens is 842 g/mol. The number of fused-ring (bicyclic) bond motifs is 8. The Kier molecular flexibility index (Phi) is 9.18. The van der Waals surface area contributed by atoms with Crippen LogP contribution in [0.2, 0.25) is 0 Å². The molecule has 16 nitrogen and oxygen atoms in total. The van der Waals surface area contributed by atoms with Crippen LogP contribution in [0.3, 0.4) is 0 Å². The van der Waals surface area contributed by atoms with E-state index in [-0.39, 0.29) is 59.2 Å². The summed E-state index contributed by atoms with van der Waals surface area (Å²) in [5.41, 5.74) is 2.82. The molecule has 5 unspecified atom stereocenters. The SMILES string of the molecule is COC1CN(C)C(=O)C2CC(CN2c2nc(N3C4CC3CN(C(=O)C3CC5(COC5)C3)C4)nc3c2cnn3-c2ccc(F)cc2F)Nc2cccc(n2)-c2cc(F)cc3nc(C)n(c23)C1. The second-order valence-electron chi connectivity index (χ2n) is 18.8. The van der Waals surface area contributed by atoms with Gasteiger partial charge in [-0.25, -0.2) is 27.8 Å². The summed E-state index contributed by atoms with van der Waals surface area (Å²) in [4.78, 5) is 56.4. The van der Waals surface area contributed by atoms with Gasteiger partial charge in [-0.15, -0.1) is 0 Å². The van der Waals surface area contributed by atoms with Crippen LogP contribution < -0.4 is 15.1 Å². The number of piperazine rings is 1. The molecule has 1 spiro atoms. The number of imidazole rings is 1. The van der Waals surface area contributed by atoms with Crippen molar-refractivity contribution in [3.63, 3.8) is 0 Å². The number of rotatable bonds is 5. The summed E-state index contributed by atoms with van der Waals surface area (Å²) >= 11 is 0. The van der Waals surface area contributed by atoms with Crippen LogP contribution in [0.1, 0.15) is 31.5 Å². The Balaban J connectivity index is 0.932. The van der Waals surface area contributed by atoms with Gasteiger partial charge in [-0.3, -0.25) is 9.59 Å². The van der Waals surface area contributed by atoms with Crippen molar-refractivity contribution in [1.29, 1.82) is 0 Å². The summed E-state index contributed by atoms with van der Waals surface area (Å²) in [6.45, 7) is 5.24. The van der Waals surface area contributed by atoms with Gasteiger partial charge < -0.3 is 39.0 Å². The number of nitrogens with one attached hydrogen (secondary N) is 1. The van der Waals surface area contributed by atoms with Crippen LogP contribution in [-0.4, -0.2) is 140 Å². The zero-order valence-corrected chi connectivity index (χ0v) is 36.1. The van der Waals surface area contributed by atoms with Gasteiger partial charge in [0.1, 0.15) is 40.8 Å². The van der Waals surface area contributed by atoms with Crippen LogP contribution in [-0.2, 0) is 25.6 Å². The van der Waals surface area contributed by atoms with E-state index in [1.54, 1.807) is 25.3 Å². The molecule has 2 aromatic carbocycles. The van der Waals surface area contributed by atoms with Crippen molar-refractivity contribution in [3.8, 4) is 16.9 Å². The van der Waals surface area contributed by atoms with Crippen LogP contribution >= 0.6 is 0 Å². The third-order valence-corrected chi connectivity index (χ3v) is 14.6. The molecule has 65 heavy (non-hydrogen) atoms. The smallest absolute Gasteiger partial charge is 0.245 e. The molecule has 336 valence electrons. The highest BCUT2D eigenvalue weighted by molar-refractivity contribution is 5.94. The number of anilines is 3. The molecule has 6 aromatic rings. The summed E-state index contributed by atoms with van der Waals surface area (Å²) in [5.74, 6) is 0.0656. The highest BCUT2D eigenvalue weighted by atomic mass is 19.1. The number of amides is 2. The predicted molar refractivity (Wildman–Crippen MR) is 233 cm³/mol. The number of likely N-dealkylation sites (N-methyl/N-ethyl adjacent to an activating group) is 1. The number of piperidine rings is 1. The molecule has 13 rings (SSSR count). The van der Waals surface area contributed by atoms with Crippen molar-refractivity contribution in [2.24, 2.45) is 11.3 Å². The van der Waals surface area contributed by atoms with Gasteiger partial charge in [0, 0.05) is 75.4 Å². The average Bonchev–Trinajstić information content (AvgIpc) is 3.96. The predicted octanol–water partition coefficient (Wildman–Crippen LogP) is 4.72. The van der Waals surface area contributed by atoms with Gasteiger partial charge in [0.05, 0.1) is 66.3 Å². The van der Waals surface area contributed by atoms with Crippen LogP contribution in [0.25, 0.3) is 39.0 Å². The van der Waals surface area contributed by atoms with Crippen LogP contribution in [0, 0.1) is 35.7 Å². The Morgan fingerprint density at radius 3 is 2.49 bits per heavy atom. The minimum Gasteiger partial charge on any atom is -0.380 e. The maximum Gasteiger partial charge on any atom is 0.245 e. The first-order valence-electron chi connectivity index (χ1n) is 22.2.